The Morgan fingerprint density at radius 1 is 1.14 bits per heavy atom. The van der Waals surface area contributed by atoms with Crippen LogP contribution in [-0.2, 0) is 6.54 Å². The molecule has 0 saturated heterocycles. The molecule has 2 aromatic rings. The van der Waals surface area contributed by atoms with Gasteiger partial charge in [-0.3, -0.25) is 0 Å². The summed E-state index contributed by atoms with van der Waals surface area (Å²) in [5, 5.41) is 4.07. The quantitative estimate of drug-likeness (QED) is 0.800. The molecule has 0 amide bonds. The van der Waals surface area contributed by atoms with E-state index in [1.54, 1.807) is 14.2 Å². The number of ether oxygens (including phenoxy) is 2. The Kier molecular flexibility index (Phi) is 5.37. The maximum absolute atomic E-state index is 6.11. The molecule has 112 valence electrons. The van der Waals surface area contributed by atoms with Crippen molar-refractivity contribution in [2.45, 2.75) is 13.5 Å². The fourth-order valence-electron chi connectivity index (χ4n) is 1.97. The summed E-state index contributed by atoms with van der Waals surface area (Å²) in [6.07, 6.45) is 0. The molecule has 0 aromatic heterocycles. The van der Waals surface area contributed by atoms with E-state index in [2.05, 4.69) is 21.2 Å². The summed E-state index contributed by atoms with van der Waals surface area (Å²) in [6, 6.07) is 9.68. The summed E-state index contributed by atoms with van der Waals surface area (Å²) in [6.45, 7) is 2.61. The molecule has 0 aliphatic carbocycles. The molecule has 0 bridgehead atoms. The first-order valence-electron chi connectivity index (χ1n) is 6.45. The predicted octanol–water partition coefficient (Wildman–Crippen LogP) is 5.04. The zero-order valence-corrected chi connectivity index (χ0v) is 14.5. The summed E-state index contributed by atoms with van der Waals surface area (Å²) < 4.78 is 11.6. The van der Waals surface area contributed by atoms with Gasteiger partial charge in [0.05, 0.1) is 19.9 Å². The number of aryl methyl sites for hydroxylation is 1. The van der Waals surface area contributed by atoms with Crippen LogP contribution >= 0.6 is 27.5 Å². The second kappa shape index (κ2) is 7.05. The van der Waals surface area contributed by atoms with Crippen molar-refractivity contribution >= 4 is 33.2 Å². The van der Waals surface area contributed by atoms with Crippen LogP contribution in [0.15, 0.2) is 34.8 Å². The normalized spacial score (nSPS) is 10.3. The number of nitrogens with one attached hydrogen (secondary N) is 1. The molecule has 0 aliphatic rings. The Morgan fingerprint density at radius 3 is 2.57 bits per heavy atom. The molecule has 0 spiro atoms. The van der Waals surface area contributed by atoms with E-state index in [1.165, 1.54) is 0 Å². The van der Waals surface area contributed by atoms with Gasteiger partial charge in [-0.15, -0.1) is 0 Å². The van der Waals surface area contributed by atoms with E-state index >= 15 is 0 Å². The molecule has 0 atom stereocenters. The summed E-state index contributed by atoms with van der Waals surface area (Å²) in [5.41, 5.74) is 3.02. The monoisotopic (exact) mass is 369 g/mol. The van der Waals surface area contributed by atoms with Gasteiger partial charge in [-0.05, 0) is 42.3 Å². The van der Waals surface area contributed by atoms with Crippen molar-refractivity contribution in [3.63, 3.8) is 0 Å². The molecule has 0 saturated carbocycles. The number of hydrogen-bond donors (Lipinski definition) is 1. The van der Waals surface area contributed by atoms with Crippen LogP contribution < -0.4 is 14.8 Å². The third kappa shape index (κ3) is 3.83. The van der Waals surface area contributed by atoms with Gasteiger partial charge in [0, 0.05) is 22.1 Å². The lowest BCUT2D eigenvalue weighted by Gasteiger charge is -2.14. The van der Waals surface area contributed by atoms with E-state index < -0.39 is 0 Å². The van der Waals surface area contributed by atoms with Gasteiger partial charge in [0.1, 0.15) is 11.5 Å². The molecule has 0 fully saturated rings. The third-order valence-corrected chi connectivity index (χ3v) is 4.38. The van der Waals surface area contributed by atoms with E-state index in [9.17, 15) is 0 Å². The highest BCUT2D eigenvalue weighted by molar-refractivity contribution is 9.10. The zero-order valence-electron chi connectivity index (χ0n) is 12.2. The van der Waals surface area contributed by atoms with Gasteiger partial charge < -0.3 is 14.8 Å². The van der Waals surface area contributed by atoms with Gasteiger partial charge in [0.25, 0.3) is 0 Å². The fourth-order valence-corrected chi connectivity index (χ4v) is 2.51. The maximum atomic E-state index is 6.11. The van der Waals surface area contributed by atoms with Crippen LogP contribution in [0.3, 0.4) is 0 Å². The highest BCUT2D eigenvalue weighted by atomic mass is 79.9. The van der Waals surface area contributed by atoms with Crippen LogP contribution in [0, 0.1) is 6.92 Å². The lowest BCUT2D eigenvalue weighted by atomic mass is 10.1. The number of hydrogen-bond acceptors (Lipinski definition) is 3. The Bertz CT molecular complexity index is 646. The topological polar surface area (TPSA) is 30.5 Å². The summed E-state index contributed by atoms with van der Waals surface area (Å²) in [7, 11) is 3.29. The Morgan fingerprint density at radius 2 is 1.90 bits per heavy atom. The van der Waals surface area contributed by atoms with Crippen molar-refractivity contribution in [1.29, 1.82) is 0 Å². The van der Waals surface area contributed by atoms with Crippen LogP contribution in [0.1, 0.15) is 11.1 Å². The smallest absolute Gasteiger partial charge is 0.143 e. The van der Waals surface area contributed by atoms with Crippen LogP contribution in [-0.4, -0.2) is 14.2 Å². The number of benzene rings is 2. The summed E-state index contributed by atoms with van der Waals surface area (Å²) in [4.78, 5) is 0. The molecule has 3 nitrogen and oxygen atoms in total. The van der Waals surface area contributed by atoms with Gasteiger partial charge in [-0.1, -0.05) is 27.5 Å². The predicted molar refractivity (Wildman–Crippen MR) is 90.8 cm³/mol. The number of methoxy groups -OCH3 is 2. The minimum absolute atomic E-state index is 0.648. The molecule has 21 heavy (non-hydrogen) atoms. The van der Waals surface area contributed by atoms with Crippen molar-refractivity contribution in [2.24, 2.45) is 0 Å². The highest BCUT2D eigenvalue weighted by Gasteiger charge is 2.08. The number of rotatable bonds is 5. The largest absolute Gasteiger partial charge is 0.497 e. The minimum atomic E-state index is 0.648. The van der Waals surface area contributed by atoms with Crippen molar-refractivity contribution in [3.05, 3.63) is 51.0 Å². The molecule has 5 heteroatoms. The lowest BCUT2D eigenvalue weighted by Crippen LogP contribution is -2.03. The fraction of sp³-hybridized carbons (Fsp3) is 0.250. The summed E-state index contributed by atoms with van der Waals surface area (Å²) >= 11 is 9.66. The van der Waals surface area contributed by atoms with Gasteiger partial charge in [0.2, 0.25) is 0 Å². The standard InChI is InChI=1S/C16H17BrClNO2/c1-10-6-15(16(21-3)8-14(10)18)19-9-11-7-12(20-2)4-5-13(11)17/h4-8,19H,9H2,1-3H3. The van der Waals surface area contributed by atoms with Crippen molar-refractivity contribution in [3.8, 4) is 11.5 Å². The number of halogens is 2. The van der Waals surface area contributed by atoms with Gasteiger partial charge in [0.15, 0.2) is 0 Å². The Balaban J connectivity index is 2.22. The van der Waals surface area contributed by atoms with Crippen LogP contribution in [0.25, 0.3) is 0 Å². The second-order valence-electron chi connectivity index (χ2n) is 4.61. The maximum Gasteiger partial charge on any atom is 0.143 e. The average Bonchev–Trinajstić information content (AvgIpc) is 2.49. The molecule has 2 aromatic carbocycles. The third-order valence-electron chi connectivity index (χ3n) is 3.20. The van der Waals surface area contributed by atoms with Crippen LogP contribution in [0.4, 0.5) is 5.69 Å². The second-order valence-corrected chi connectivity index (χ2v) is 5.87. The van der Waals surface area contributed by atoms with Crippen molar-refractivity contribution in [1.82, 2.24) is 0 Å². The first kappa shape index (κ1) is 16.0. The number of anilines is 1. The average molecular weight is 371 g/mol. The van der Waals surface area contributed by atoms with Crippen LogP contribution in [0.2, 0.25) is 5.02 Å². The van der Waals surface area contributed by atoms with Gasteiger partial charge in [-0.2, -0.15) is 0 Å². The molecule has 0 heterocycles. The Labute approximate surface area is 138 Å². The first-order valence-corrected chi connectivity index (χ1v) is 7.62. The van der Waals surface area contributed by atoms with E-state index in [-0.39, 0.29) is 0 Å². The molecule has 0 unspecified atom stereocenters. The Hall–Kier alpha value is -1.39. The minimum Gasteiger partial charge on any atom is -0.497 e. The molecular formula is C16H17BrClNO2. The van der Waals surface area contributed by atoms with Gasteiger partial charge >= 0.3 is 0 Å². The molecule has 2 rings (SSSR count). The highest BCUT2D eigenvalue weighted by Crippen LogP contribution is 2.32. The van der Waals surface area contributed by atoms with Crippen molar-refractivity contribution < 1.29 is 9.47 Å². The molecule has 0 aliphatic heterocycles. The molecule has 1 N–H and O–H groups in total. The van der Waals surface area contributed by atoms with Gasteiger partial charge in [-0.25, -0.2) is 0 Å². The summed E-state index contributed by atoms with van der Waals surface area (Å²) in [5.74, 6) is 1.55. The van der Waals surface area contributed by atoms with E-state index in [0.29, 0.717) is 11.6 Å². The van der Waals surface area contributed by atoms with Crippen LogP contribution in [0.5, 0.6) is 11.5 Å². The molecule has 0 radical (unpaired) electrons. The molecular weight excluding hydrogens is 354 g/mol. The van der Waals surface area contributed by atoms with E-state index in [4.69, 9.17) is 21.1 Å². The first-order chi connectivity index (χ1) is 10.0. The van der Waals surface area contributed by atoms with E-state index in [0.717, 1.165) is 32.8 Å². The van der Waals surface area contributed by atoms with Crippen molar-refractivity contribution in [2.75, 3.05) is 19.5 Å². The van der Waals surface area contributed by atoms with E-state index in [1.807, 2.05) is 37.3 Å². The zero-order chi connectivity index (χ0) is 15.4. The lowest BCUT2D eigenvalue weighted by molar-refractivity contribution is 0.414. The SMILES string of the molecule is COc1ccc(Br)c(CNc2cc(C)c(Cl)cc2OC)c1.